The highest BCUT2D eigenvalue weighted by molar-refractivity contribution is 8.00. The van der Waals surface area contributed by atoms with E-state index in [0.717, 1.165) is 11.8 Å². The van der Waals surface area contributed by atoms with Crippen LogP contribution in [0.3, 0.4) is 0 Å². The Morgan fingerprint density at radius 3 is 2.52 bits per heavy atom. The van der Waals surface area contributed by atoms with Gasteiger partial charge in [0.05, 0.1) is 23.8 Å². The number of thioether (sulfide) groups is 1. The van der Waals surface area contributed by atoms with Gasteiger partial charge in [0, 0.05) is 17.1 Å². The Labute approximate surface area is 171 Å². The van der Waals surface area contributed by atoms with Crippen LogP contribution in [0.5, 0.6) is 0 Å². The highest BCUT2D eigenvalue weighted by Gasteiger charge is 2.15. The fraction of sp³-hybridized carbons (Fsp3) is 0.200. The van der Waals surface area contributed by atoms with Gasteiger partial charge in [0.15, 0.2) is 6.61 Å². The Hall–Kier alpha value is -3.38. The summed E-state index contributed by atoms with van der Waals surface area (Å²) in [6.07, 6.45) is 0.166. The minimum atomic E-state index is -0.692. The average Bonchev–Trinajstić information content (AvgIpc) is 2.72. The second kappa shape index (κ2) is 11.5. The number of benzene rings is 2. The smallest absolute Gasteiger partial charge is 0.339 e. The highest BCUT2D eigenvalue weighted by atomic mass is 32.2. The molecule has 0 spiro atoms. The van der Waals surface area contributed by atoms with E-state index in [1.54, 1.807) is 18.2 Å². The molecule has 29 heavy (non-hydrogen) atoms. The number of anilines is 1. The normalized spacial score (nSPS) is 9.93. The summed E-state index contributed by atoms with van der Waals surface area (Å²) in [5.41, 5.74) is 0.698. The van der Waals surface area contributed by atoms with Crippen molar-refractivity contribution in [1.82, 2.24) is 5.32 Å². The lowest BCUT2D eigenvalue weighted by Gasteiger charge is -2.10. The molecule has 0 bridgehead atoms. The quantitative estimate of drug-likeness (QED) is 0.370. The number of hydrogen-bond donors (Lipinski definition) is 2. The zero-order valence-corrected chi connectivity index (χ0v) is 16.1. The molecular weight excluding hydrogens is 397 g/mol. The number of rotatable bonds is 9. The SMILES string of the molecule is N#CCCNC(=O)COC(=O)c1ccccc1SCC(=O)Nc1ccc(F)cc1. The maximum absolute atomic E-state index is 12.9. The number of ether oxygens (including phenoxy) is 1. The van der Waals surface area contributed by atoms with Gasteiger partial charge in [-0.1, -0.05) is 12.1 Å². The molecule has 0 heterocycles. The van der Waals surface area contributed by atoms with Gasteiger partial charge in [-0.15, -0.1) is 11.8 Å². The fourth-order valence-electron chi connectivity index (χ4n) is 2.15. The second-order valence-corrected chi connectivity index (χ2v) is 6.69. The van der Waals surface area contributed by atoms with Crippen molar-refractivity contribution in [3.63, 3.8) is 0 Å². The van der Waals surface area contributed by atoms with Crippen molar-refractivity contribution in [3.8, 4) is 6.07 Å². The van der Waals surface area contributed by atoms with Gasteiger partial charge in [0.2, 0.25) is 5.91 Å². The molecule has 0 unspecified atom stereocenters. The van der Waals surface area contributed by atoms with Crippen LogP contribution < -0.4 is 10.6 Å². The summed E-state index contributed by atoms with van der Waals surface area (Å²) in [7, 11) is 0. The van der Waals surface area contributed by atoms with Gasteiger partial charge >= 0.3 is 5.97 Å². The minimum absolute atomic E-state index is 0.0241. The predicted octanol–water partition coefficient (Wildman–Crippen LogP) is 2.74. The number of nitrogens with one attached hydrogen (secondary N) is 2. The van der Waals surface area contributed by atoms with E-state index in [2.05, 4.69) is 10.6 Å². The predicted molar refractivity (Wildman–Crippen MR) is 106 cm³/mol. The molecule has 2 aromatic carbocycles. The van der Waals surface area contributed by atoms with E-state index in [-0.39, 0.29) is 30.2 Å². The molecule has 0 saturated heterocycles. The van der Waals surface area contributed by atoms with E-state index in [4.69, 9.17) is 10.00 Å². The first-order chi connectivity index (χ1) is 14.0. The van der Waals surface area contributed by atoms with E-state index in [1.165, 1.54) is 30.3 Å². The van der Waals surface area contributed by atoms with Crippen molar-refractivity contribution >= 4 is 35.2 Å². The number of carbonyl (C=O) groups is 3. The molecule has 7 nitrogen and oxygen atoms in total. The monoisotopic (exact) mass is 415 g/mol. The second-order valence-electron chi connectivity index (χ2n) is 5.67. The largest absolute Gasteiger partial charge is 0.452 e. The topological polar surface area (TPSA) is 108 Å². The Kier molecular flexibility index (Phi) is 8.66. The first kappa shape index (κ1) is 21.9. The minimum Gasteiger partial charge on any atom is -0.452 e. The summed E-state index contributed by atoms with van der Waals surface area (Å²) in [6, 6.07) is 13.8. The van der Waals surface area contributed by atoms with E-state index < -0.39 is 24.3 Å². The Balaban J connectivity index is 1.88. The van der Waals surface area contributed by atoms with Crippen LogP contribution >= 0.6 is 11.8 Å². The maximum Gasteiger partial charge on any atom is 0.339 e. The Morgan fingerprint density at radius 2 is 1.79 bits per heavy atom. The lowest BCUT2D eigenvalue weighted by Crippen LogP contribution is -2.29. The molecule has 0 atom stereocenters. The summed E-state index contributed by atoms with van der Waals surface area (Å²) in [5, 5.41) is 13.5. The number of esters is 1. The number of nitrogens with zero attached hydrogens (tertiary/aromatic N) is 1. The van der Waals surface area contributed by atoms with Crippen molar-refractivity contribution in [3.05, 3.63) is 59.9 Å². The van der Waals surface area contributed by atoms with Crippen LogP contribution in [0.1, 0.15) is 16.8 Å². The molecule has 0 aliphatic rings. The van der Waals surface area contributed by atoms with Crippen molar-refractivity contribution in [1.29, 1.82) is 5.26 Å². The first-order valence-electron chi connectivity index (χ1n) is 8.57. The number of halogens is 1. The molecule has 2 N–H and O–H groups in total. The third kappa shape index (κ3) is 7.63. The first-order valence-corrected chi connectivity index (χ1v) is 9.56. The molecule has 0 aliphatic carbocycles. The lowest BCUT2D eigenvalue weighted by atomic mass is 10.2. The van der Waals surface area contributed by atoms with E-state index >= 15 is 0 Å². The van der Waals surface area contributed by atoms with Crippen LogP contribution in [0.25, 0.3) is 0 Å². The number of amides is 2. The Morgan fingerprint density at radius 1 is 1.07 bits per heavy atom. The van der Waals surface area contributed by atoms with Gasteiger partial charge in [-0.2, -0.15) is 5.26 Å². The van der Waals surface area contributed by atoms with Gasteiger partial charge in [-0.3, -0.25) is 9.59 Å². The van der Waals surface area contributed by atoms with E-state index in [0.29, 0.717) is 10.6 Å². The van der Waals surface area contributed by atoms with E-state index in [9.17, 15) is 18.8 Å². The summed E-state index contributed by atoms with van der Waals surface area (Å²) >= 11 is 1.13. The van der Waals surface area contributed by atoms with Gasteiger partial charge in [0.25, 0.3) is 5.91 Å². The van der Waals surface area contributed by atoms with Crippen molar-refractivity contribution in [2.24, 2.45) is 0 Å². The molecule has 9 heteroatoms. The molecule has 0 radical (unpaired) electrons. The van der Waals surface area contributed by atoms with Crippen LogP contribution in [0.15, 0.2) is 53.4 Å². The zero-order chi connectivity index (χ0) is 21.1. The zero-order valence-electron chi connectivity index (χ0n) is 15.3. The molecule has 2 aromatic rings. The van der Waals surface area contributed by atoms with Gasteiger partial charge in [0.1, 0.15) is 5.82 Å². The number of nitriles is 1. The standard InChI is InChI=1S/C20H18FN3O4S/c21-14-6-8-15(9-7-14)24-19(26)13-29-17-5-2-1-4-16(17)20(27)28-12-18(25)23-11-3-10-22/h1-2,4-9H,3,11-13H2,(H,23,25)(H,24,26). The summed E-state index contributed by atoms with van der Waals surface area (Å²) in [6.45, 7) is -0.281. The van der Waals surface area contributed by atoms with Gasteiger partial charge in [-0.05, 0) is 36.4 Å². The van der Waals surface area contributed by atoms with Gasteiger partial charge < -0.3 is 15.4 Å². The third-order valence-corrected chi connectivity index (χ3v) is 4.56. The average molecular weight is 415 g/mol. The lowest BCUT2D eigenvalue weighted by molar-refractivity contribution is -0.124. The fourth-order valence-corrected chi connectivity index (χ4v) is 2.99. The van der Waals surface area contributed by atoms with Crippen LogP contribution in [0.2, 0.25) is 0 Å². The molecule has 2 rings (SSSR count). The molecule has 0 aromatic heterocycles. The Bertz CT molecular complexity index is 913. The third-order valence-electron chi connectivity index (χ3n) is 3.49. The molecule has 150 valence electrons. The van der Waals surface area contributed by atoms with Crippen molar-refractivity contribution in [2.45, 2.75) is 11.3 Å². The van der Waals surface area contributed by atoms with Crippen molar-refractivity contribution in [2.75, 3.05) is 24.2 Å². The van der Waals surface area contributed by atoms with Crippen LogP contribution in [-0.2, 0) is 14.3 Å². The summed E-state index contributed by atoms with van der Waals surface area (Å²) in [5.74, 6) is -1.89. The molecule has 0 saturated carbocycles. The van der Waals surface area contributed by atoms with Crippen molar-refractivity contribution < 1.29 is 23.5 Å². The summed E-state index contributed by atoms with van der Waals surface area (Å²) < 4.78 is 17.9. The summed E-state index contributed by atoms with van der Waals surface area (Å²) in [4.78, 5) is 36.4. The molecular formula is C20H18FN3O4S. The van der Waals surface area contributed by atoms with E-state index in [1.807, 2.05) is 6.07 Å². The van der Waals surface area contributed by atoms with Crippen LogP contribution in [0, 0.1) is 17.1 Å². The molecule has 0 fully saturated rings. The van der Waals surface area contributed by atoms with Crippen LogP contribution in [-0.4, -0.2) is 36.7 Å². The van der Waals surface area contributed by atoms with Gasteiger partial charge in [-0.25, -0.2) is 9.18 Å². The molecule has 0 aliphatic heterocycles. The molecule has 2 amide bonds. The highest BCUT2D eigenvalue weighted by Crippen LogP contribution is 2.23. The number of carbonyl (C=O) groups excluding carboxylic acids is 3. The van der Waals surface area contributed by atoms with Crippen LogP contribution in [0.4, 0.5) is 10.1 Å². The number of hydrogen-bond acceptors (Lipinski definition) is 6. The maximum atomic E-state index is 12.9.